The van der Waals surface area contributed by atoms with E-state index in [1.54, 1.807) is 0 Å². The van der Waals surface area contributed by atoms with E-state index in [-0.39, 0.29) is 4.70 Å². The molecule has 0 unspecified atom stereocenters. The van der Waals surface area contributed by atoms with E-state index in [4.69, 9.17) is 0 Å². The molecule has 128 valence electrons. The maximum Gasteiger partial charge on any atom is 0.148 e. The third kappa shape index (κ3) is 2.92. The van der Waals surface area contributed by atoms with Crippen LogP contribution in [0.5, 0.6) is 0 Å². The molecule has 4 aromatic carbocycles. The molecule has 0 saturated carbocycles. The highest BCUT2D eigenvalue weighted by Gasteiger charge is 2.38. The Hall–Kier alpha value is -3.23. The normalized spacial score (nSPS) is 10.8. The van der Waals surface area contributed by atoms with Crippen LogP contribution in [0.2, 0.25) is 0 Å². The summed E-state index contributed by atoms with van der Waals surface area (Å²) in [5.41, 5.74) is 4.86. The number of benzene rings is 4. The van der Waals surface area contributed by atoms with Gasteiger partial charge in [-0.15, -0.1) is 0 Å². The molecule has 0 atom stereocenters. The first-order chi connectivity index (χ1) is 12.4. The molecule has 0 heterocycles. The van der Waals surface area contributed by atoms with Crippen molar-refractivity contribution in [1.82, 2.24) is 4.48 Å². The Kier molecular flexibility index (Phi) is 5.26. The van der Waals surface area contributed by atoms with Crippen LogP contribution < -0.4 is 9.19 Å². The van der Waals surface area contributed by atoms with E-state index in [2.05, 4.69) is 121 Å². The largest absolute Gasteiger partial charge is 1.00 e. The van der Waals surface area contributed by atoms with Crippen molar-refractivity contribution in [3.05, 3.63) is 121 Å². The Morgan fingerprint density at radius 3 is 0.692 bits per heavy atom. The minimum Gasteiger partial charge on any atom is -1.00 e. The summed E-state index contributed by atoms with van der Waals surface area (Å²) < 4.78 is 0.559. The van der Waals surface area contributed by atoms with Crippen molar-refractivity contribution in [2.24, 2.45) is 0 Å². The Morgan fingerprint density at radius 2 is 0.500 bits per heavy atom. The lowest BCUT2D eigenvalue weighted by Gasteiger charge is -2.37. The van der Waals surface area contributed by atoms with Gasteiger partial charge in [0.25, 0.3) is 0 Å². The van der Waals surface area contributed by atoms with Gasteiger partial charge in [0.2, 0.25) is 0 Å². The molecule has 2 heteroatoms. The predicted molar refractivity (Wildman–Crippen MR) is 107 cm³/mol. The zero-order valence-electron chi connectivity index (χ0n) is 14.4. The van der Waals surface area contributed by atoms with Gasteiger partial charge >= 0.3 is 0 Å². The maximum atomic E-state index is 2.20. The molecule has 0 bridgehead atoms. The average molecular weight is 341 g/mol. The van der Waals surface area contributed by atoms with Gasteiger partial charge in [0.05, 0.1) is 0 Å². The van der Waals surface area contributed by atoms with Crippen LogP contribution in [0.3, 0.4) is 0 Å². The van der Waals surface area contributed by atoms with Crippen LogP contribution in [-0.2, 0) is 0 Å². The number of rotatable bonds is 4. The molecule has 4 aromatic rings. The molecule has 0 spiro atoms. The van der Waals surface area contributed by atoms with Crippen molar-refractivity contribution in [3.8, 4) is 0 Å². The molecule has 0 aliphatic heterocycles. The zero-order valence-corrected chi connectivity index (χ0v) is 14.4. The van der Waals surface area contributed by atoms with Crippen LogP contribution in [0.15, 0.2) is 121 Å². The second-order valence-electron chi connectivity index (χ2n) is 6.01. The van der Waals surface area contributed by atoms with Gasteiger partial charge < -0.3 is 4.70 Å². The van der Waals surface area contributed by atoms with Crippen LogP contribution in [-0.4, -0.2) is 0 Å². The topological polar surface area (TPSA) is 0 Å². The Bertz CT molecular complexity index is 759. The summed E-state index contributed by atoms with van der Waals surface area (Å²) in [6.45, 7) is 0. The van der Waals surface area contributed by atoms with Crippen molar-refractivity contribution in [3.63, 3.8) is 0 Å². The molecule has 0 fully saturated rings. The predicted octanol–water partition coefficient (Wildman–Crippen LogP) is 3.99. The van der Waals surface area contributed by atoms with Crippen molar-refractivity contribution >= 4 is 22.7 Å². The maximum absolute atomic E-state index is 2.20. The van der Waals surface area contributed by atoms with Crippen molar-refractivity contribution < 1.29 is 4.70 Å². The van der Waals surface area contributed by atoms with E-state index in [9.17, 15) is 0 Å². The summed E-state index contributed by atoms with van der Waals surface area (Å²) in [6.07, 6.45) is 0. The van der Waals surface area contributed by atoms with Gasteiger partial charge in [-0.3, -0.25) is 0 Å². The number of quaternary nitrogens is 1. The second kappa shape index (κ2) is 7.77. The molecule has 0 N–H and O–H groups in total. The Morgan fingerprint density at radius 1 is 0.308 bits per heavy atom. The highest BCUT2D eigenvalue weighted by molar-refractivity contribution is 5.81. The van der Waals surface area contributed by atoms with Crippen molar-refractivity contribution in [1.29, 1.82) is 0 Å². The Labute approximate surface area is 153 Å². The van der Waals surface area contributed by atoms with Gasteiger partial charge in [0.1, 0.15) is 22.7 Å². The SMILES string of the molecule is [F-].c1ccc([N+](c2ccccc2)(c2ccccc2)c2ccccc2)cc1. The van der Waals surface area contributed by atoms with Crippen LogP contribution in [0.4, 0.5) is 22.7 Å². The van der Waals surface area contributed by atoms with E-state index in [0.29, 0.717) is 4.48 Å². The van der Waals surface area contributed by atoms with E-state index in [1.165, 1.54) is 22.7 Å². The third-order valence-electron chi connectivity index (χ3n) is 4.57. The fourth-order valence-electron chi connectivity index (χ4n) is 3.50. The Balaban J connectivity index is 0.00000196. The molecular formula is C24H20FN. The standard InChI is InChI=1S/C24H20N.FH/c1-5-13-21(14-6-1)25(22-15-7-2-8-16-22,23-17-9-3-10-18-23)24-19-11-4-12-20-24;/h1-20H;1H/q+1;/p-1. The third-order valence-corrected chi connectivity index (χ3v) is 4.57. The molecule has 0 aliphatic carbocycles. The summed E-state index contributed by atoms with van der Waals surface area (Å²) in [5, 5.41) is 0. The molecule has 0 saturated heterocycles. The summed E-state index contributed by atoms with van der Waals surface area (Å²) >= 11 is 0. The fraction of sp³-hybridized carbons (Fsp3) is 0. The first kappa shape index (κ1) is 17.6. The van der Waals surface area contributed by atoms with Gasteiger partial charge in [-0.05, 0) is 0 Å². The highest BCUT2D eigenvalue weighted by atomic mass is 19.0. The summed E-state index contributed by atoms with van der Waals surface area (Å²) in [5.74, 6) is 0. The first-order valence-corrected chi connectivity index (χ1v) is 8.54. The lowest BCUT2D eigenvalue weighted by atomic mass is 10.1. The van der Waals surface area contributed by atoms with Gasteiger partial charge in [-0.2, -0.15) is 4.48 Å². The zero-order chi connectivity index (χ0) is 17.0. The average Bonchev–Trinajstić information content (AvgIpc) is 2.72. The molecule has 0 aliphatic rings. The monoisotopic (exact) mass is 341 g/mol. The molecule has 1 nitrogen and oxygen atoms in total. The van der Waals surface area contributed by atoms with Gasteiger partial charge in [-0.25, -0.2) is 0 Å². The van der Waals surface area contributed by atoms with Crippen LogP contribution in [0.1, 0.15) is 0 Å². The second-order valence-corrected chi connectivity index (χ2v) is 6.01. The van der Waals surface area contributed by atoms with Gasteiger partial charge in [0.15, 0.2) is 0 Å². The van der Waals surface area contributed by atoms with E-state index in [1.807, 2.05) is 0 Å². The fourth-order valence-corrected chi connectivity index (χ4v) is 3.50. The quantitative estimate of drug-likeness (QED) is 0.492. The van der Waals surface area contributed by atoms with E-state index in [0.717, 1.165) is 0 Å². The number of halogens is 1. The van der Waals surface area contributed by atoms with E-state index >= 15 is 0 Å². The van der Waals surface area contributed by atoms with Gasteiger partial charge in [0, 0.05) is 48.5 Å². The smallest absolute Gasteiger partial charge is 0.148 e. The number of nitrogens with zero attached hydrogens (tertiary/aromatic N) is 1. The minimum atomic E-state index is 0. The van der Waals surface area contributed by atoms with Gasteiger partial charge in [-0.1, -0.05) is 72.8 Å². The summed E-state index contributed by atoms with van der Waals surface area (Å²) in [6, 6.07) is 42.8. The first-order valence-electron chi connectivity index (χ1n) is 8.54. The number of hydrogen-bond acceptors (Lipinski definition) is 0. The van der Waals surface area contributed by atoms with Crippen molar-refractivity contribution in [2.45, 2.75) is 0 Å². The van der Waals surface area contributed by atoms with Crippen molar-refractivity contribution in [2.75, 3.05) is 0 Å². The minimum absolute atomic E-state index is 0. The summed E-state index contributed by atoms with van der Waals surface area (Å²) in [7, 11) is 0. The van der Waals surface area contributed by atoms with Crippen LogP contribution in [0.25, 0.3) is 0 Å². The molecule has 4 rings (SSSR count). The van der Waals surface area contributed by atoms with Crippen LogP contribution in [0, 0.1) is 0 Å². The summed E-state index contributed by atoms with van der Waals surface area (Å²) in [4.78, 5) is 0. The highest BCUT2D eigenvalue weighted by Crippen LogP contribution is 2.50. The molecule has 0 amide bonds. The molecule has 0 aromatic heterocycles. The van der Waals surface area contributed by atoms with E-state index < -0.39 is 0 Å². The lowest BCUT2D eigenvalue weighted by Crippen LogP contribution is -3.00. The van der Waals surface area contributed by atoms with Crippen LogP contribution >= 0.6 is 0 Å². The molecular weight excluding hydrogens is 321 g/mol. The lowest BCUT2D eigenvalue weighted by molar-refractivity contribution is -0.00000483. The number of hydrogen-bond donors (Lipinski definition) is 0. The molecule has 26 heavy (non-hydrogen) atoms. The number of para-hydroxylation sites is 4. The molecule has 0 radical (unpaired) electrons.